The molecular weight excluding hydrogens is 184 g/mol. The number of aliphatic hydroxyl groups is 1. The first-order valence-electron chi connectivity index (χ1n) is 5.79. The van der Waals surface area contributed by atoms with Gasteiger partial charge in [-0.2, -0.15) is 0 Å². The minimum absolute atomic E-state index is 0.0763. The molecule has 80 valence electrons. The third-order valence-electron chi connectivity index (χ3n) is 4.50. The average Bonchev–Trinajstić information content (AvgIpc) is 2.85. The molecule has 0 bridgehead atoms. The van der Waals surface area contributed by atoms with Crippen molar-refractivity contribution in [3.8, 4) is 0 Å². The van der Waals surface area contributed by atoms with Gasteiger partial charge in [-0.1, -0.05) is 17.2 Å². The van der Waals surface area contributed by atoms with Crippen LogP contribution in [0, 0.1) is 5.41 Å². The molecule has 1 nitrogen and oxygen atoms in total. The van der Waals surface area contributed by atoms with E-state index in [2.05, 4.69) is 26.0 Å². The Kier molecular flexibility index (Phi) is 1.54. The maximum atomic E-state index is 10.5. The van der Waals surface area contributed by atoms with E-state index in [0.717, 1.165) is 19.3 Å². The van der Waals surface area contributed by atoms with E-state index in [0.29, 0.717) is 0 Å². The summed E-state index contributed by atoms with van der Waals surface area (Å²) in [6.07, 6.45) is 7.72. The Morgan fingerprint density at radius 3 is 2.53 bits per heavy atom. The molecule has 1 spiro atoms. The van der Waals surface area contributed by atoms with Crippen molar-refractivity contribution >= 4 is 0 Å². The van der Waals surface area contributed by atoms with Crippen molar-refractivity contribution in [2.45, 2.75) is 45.6 Å². The molecule has 0 radical (unpaired) electrons. The molecule has 0 heterocycles. The van der Waals surface area contributed by atoms with Crippen molar-refractivity contribution in [2.24, 2.45) is 5.41 Å². The van der Waals surface area contributed by atoms with Gasteiger partial charge in [0.25, 0.3) is 0 Å². The summed E-state index contributed by atoms with van der Waals surface area (Å²) in [5, 5.41) is 10.5. The highest BCUT2D eigenvalue weighted by Crippen LogP contribution is 2.63. The normalized spacial score (nSPS) is 36.5. The summed E-state index contributed by atoms with van der Waals surface area (Å²) in [4.78, 5) is 0. The fourth-order valence-electron chi connectivity index (χ4n) is 3.38. The lowest BCUT2D eigenvalue weighted by molar-refractivity contribution is 0.0458. The molecule has 1 saturated carbocycles. The maximum Gasteiger partial charge on any atom is 0.0898 e. The monoisotopic (exact) mass is 202 g/mol. The number of allylic oxidation sites excluding steroid dienone is 4. The molecule has 0 amide bonds. The van der Waals surface area contributed by atoms with Gasteiger partial charge < -0.3 is 5.11 Å². The Morgan fingerprint density at radius 1 is 1.27 bits per heavy atom. The van der Waals surface area contributed by atoms with Crippen LogP contribution in [0.25, 0.3) is 0 Å². The molecule has 1 atom stereocenters. The van der Waals surface area contributed by atoms with Crippen LogP contribution in [0.15, 0.2) is 34.4 Å². The molecule has 3 aliphatic carbocycles. The Labute approximate surface area is 91.2 Å². The van der Waals surface area contributed by atoms with Gasteiger partial charge in [0.1, 0.15) is 0 Å². The van der Waals surface area contributed by atoms with Crippen LogP contribution < -0.4 is 0 Å². The molecular formula is C14H18O. The summed E-state index contributed by atoms with van der Waals surface area (Å²) in [6.45, 7) is 6.35. The van der Waals surface area contributed by atoms with Gasteiger partial charge in [0, 0.05) is 5.41 Å². The highest BCUT2D eigenvalue weighted by Gasteiger charge is 2.58. The Bertz CT molecular complexity index is 428. The van der Waals surface area contributed by atoms with Crippen molar-refractivity contribution in [3.63, 3.8) is 0 Å². The van der Waals surface area contributed by atoms with E-state index in [4.69, 9.17) is 0 Å². The second-order valence-electron chi connectivity index (χ2n) is 5.61. The van der Waals surface area contributed by atoms with Crippen LogP contribution in [0.5, 0.6) is 0 Å². The minimum atomic E-state index is -0.617. The first-order chi connectivity index (χ1) is 6.96. The lowest BCUT2D eigenvalue weighted by atomic mass is 9.72. The van der Waals surface area contributed by atoms with Crippen molar-refractivity contribution in [1.29, 1.82) is 0 Å². The Morgan fingerprint density at radius 2 is 1.93 bits per heavy atom. The molecule has 0 aromatic rings. The van der Waals surface area contributed by atoms with Crippen LogP contribution >= 0.6 is 0 Å². The minimum Gasteiger partial charge on any atom is -0.385 e. The number of fused-ring (bicyclic) bond motifs is 1. The van der Waals surface area contributed by atoms with Crippen LogP contribution in [0.1, 0.15) is 40.0 Å². The van der Waals surface area contributed by atoms with E-state index in [1.54, 1.807) is 0 Å². The van der Waals surface area contributed by atoms with Crippen molar-refractivity contribution in [2.75, 3.05) is 0 Å². The predicted octanol–water partition coefficient (Wildman–Crippen LogP) is 3.12. The molecule has 3 aliphatic rings. The van der Waals surface area contributed by atoms with Crippen LogP contribution in [-0.2, 0) is 0 Å². The summed E-state index contributed by atoms with van der Waals surface area (Å²) in [7, 11) is 0. The SMILES string of the molecule is CC1=CC2=C(C)C3(CC3)[C@@](C)(O)C=C2C1. The predicted molar refractivity (Wildman–Crippen MR) is 61.4 cm³/mol. The van der Waals surface area contributed by atoms with E-state index in [9.17, 15) is 5.11 Å². The molecule has 15 heavy (non-hydrogen) atoms. The summed E-state index contributed by atoms with van der Waals surface area (Å²) >= 11 is 0. The highest BCUT2D eigenvalue weighted by atomic mass is 16.3. The third-order valence-corrected chi connectivity index (χ3v) is 4.50. The summed E-state index contributed by atoms with van der Waals surface area (Å²) in [5.41, 5.74) is 5.05. The van der Waals surface area contributed by atoms with Gasteiger partial charge in [0.15, 0.2) is 0 Å². The summed E-state index contributed by atoms with van der Waals surface area (Å²) in [6, 6.07) is 0. The largest absolute Gasteiger partial charge is 0.385 e. The molecule has 1 fully saturated rings. The zero-order valence-corrected chi connectivity index (χ0v) is 9.72. The summed E-state index contributed by atoms with van der Waals surface area (Å²) in [5.74, 6) is 0. The second kappa shape index (κ2) is 2.46. The topological polar surface area (TPSA) is 20.2 Å². The van der Waals surface area contributed by atoms with E-state index in [-0.39, 0.29) is 5.41 Å². The molecule has 0 aliphatic heterocycles. The standard InChI is InChI=1S/C14H18O/c1-9-6-11-8-13(3,15)14(4-5-14)10(2)12(11)7-9/h7-8,15H,4-6H2,1-3H3/t13-/m0/s1. The Hall–Kier alpha value is -0.820. The number of rotatable bonds is 0. The number of hydrogen-bond donors (Lipinski definition) is 1. The van der Waals surface area contributed by atoms with Crippen LogP contribution in [0.2, 0.25) is 0 Å². The van der Waals surface area contributed by atoms with Crippen molar-refractivity contribution in [3.05, 3.63) is 34.4 Å². The van der Waals surface area contributed by atoms with Gasteiger partial charge >= 0.3 is 0 Å². The average molecular weight is 202 g/mol. The van der Waals surface area contributed by atoms with Gasteiger partial charge in [0.05, 0.1) is 5.60 Å². The molecule has 0 aromatic heterocycles. The van der Waals surface area contributed by atoms with E-state index < -0.39 is 5.60 Å². The van der Waals surface area contributed by atoms with Gasteiger partial charge in [0.2, 0.25) is 0 Å². The lowest BCUT2D eigenvalue weighted by Crippen LogP contribution is -2.38. The second-order valence-corrected chi connectivity index (χ2v) is 5.61. The zero-order chi connectivity index (χ0) is 10.8. The summed E-state index contributed by atoms with van der Waals surface area (Å²) < 4.78 is 0. The molecule has 3 rings (SSSR count). The highest BCUT2D eigenvalue weighted by molar-refractivity contribution is 5.59. The third kappa shape index (κ3) is 1.02. The molecule has 0 aromatic carbocycles. The van der Waals surface area contributed by atoms with E-state index in [1.165, 1.54) is 22.3 Å². The van der Waals surface area contributed by atoms with Gasteiger partial charge in [-0.15, -0.1) is 0 Å². The van der Waals surface area contributed by atoms with Gasteiger partial charge in [-0.3, -0.25) is 0 Å². The van der Waals surface area contributed by atoms with Crippen LogP contribution in [0.4, 0.5) is 0 Å². The van der Waals surface area contributed by atoms with Gasteiger partial charge in [-0.25, -0.2) is 0 Å². The molecule has 0 saturated heterocycles. The van der Waals surface area contributed by atoms with Crippen molar-refractivity contribution < 1.29 is 5.11 Å². The fourth-order valence-corrected chi connectivity index (χ4v) is 3.38. The van der Waals surface area contributed by atoms with Crippen LogP contribution in [-0.4, -0.2) is 10.7 Å². The van der Waals surface area contributed by atoms with E-state index >= 15 is 0 Å². The smallest absolute Gasteiger partial charge is 0.0898 e. The molecule has 0 unspecified atom stereocenters. The van der Waals surface area contributed by atoms with Gasteiger partial charge in [-0.05, 0) is 57.3 Å². The zero-order valence-electron chi connectivity index (χ0n) is 9.72. The lowest BCUT2D eigenvalue weighted by Gasteiger charge is -2.37. The first kappa shape index (κ1) is 9.41. The molecule has 1 heteroatoms. The molecule has 1 N–H and O–H groups in total. The number of hydrogen-bond acceptors (Lipinski definition) is 1. The first-order valence-corrected chi connectivity index (χ1v) is 5.79. The quantitative estimate of drug-likeness (QED) is 0.640. The van der Waals surface area contributed by atoms with Crippen molar-refractivity contribution in [1.82, 2.24) is 0 Å². The fraction of sp³-hybridized carbons (Fsp3) is 0.571. The maximum absolute atomic E-state index is 10.5. The van der Waals surface area contributed by atoms with E-state index in [1.807, 2.05) is 6.92 Å². The van der Waals surface area contributed by atoms with Crippen LogP contribution in [0.3, 0.4) is 0 Å². The Balaban J connectivity index is 2.19.